The van der Waals surface area contributed by atoms with E-state index in [0.717, 1.165) is 17.2 Å². The minimum absolute atomic E-state index is 0.200. The summed E-state index contributed by atoms with van der Waals surface area (Å²) in [6.07, 6.45) is 0. The van der Waals surface area contributed by atoms with Crippen LogP contribution in [0.2, 0.25) is 0 Å². The van der Waals surface area contributed by atoms with Gasteiger partial charge in [-0.2, -0.15) is 8.42 Å². The van der Waals surface area contributed by atoms with Crippen LogP contribution in [0.1, 0.15) is 0 Å². The molecule has 3 nitrogen and oxygen atoms in total. The first-order valence-electron chi connectivity index (χ1n) is 3.91. The molecule has 0 fully saturated rings. The van der Waals surface area contributed by atoms with Gasteiger partial charge >= 0.3 is 0 Å². The van der Waals surface area contributed by atoms with E-state index in [1.165, 1.54) is 0 Å². The first-order valence-corrected chi connectivity index (χ1v) is 6.20. The van der Waals surface area contributed by atoms with E-state index in [1.54, 1.807) is 29.5 Å². The number of fused-ring (bicyclic) bond motifs is 1. The summed E-state index contributed by atoms with van der Waals surface area (Å²) in [7, 11) is -2.40. The molecule has 0 atom stereocenters. The highest BCUT2D eigenvalue weighted by molar-refractivity contribution is 7.86. The summed E-state index contributed by atoms with van der Waals surface area (Å²) in [6.45, 7) is 0. The Morgan fingerprint density at radius 3 is 2.79 bits per heavy atom. The summed E-state index contributed by atoms with van der Waals surface area (Å²) in [6, 6.07) is 6.84. The molecule has 1 heterocycles. The highest BCUT2D eigenvalue weighted by Crippen LogP contribution is 2.24. The zero-order valence-electron chi connectivity index (χ0n) is 7.43. The third kappa shape index (κ3) is 1.54. The van der Waals surface area contributed by atoms with Crippen molar-refractivity contribution >= 4 is 31.5 Å². The van der Waals surface area contributed by atoms with Crippen LogP contribution < -0.4 is 0 Å². The Bertz CT molecular complexity index is 554. The van der Waals surface area contributed by atoms with Crippen molar-refractivity contribution in [1.29, 1.82) is 0 Å². The van der Waals surface area contributed by atoms with Crippen LogP contribution in [0.5, 0.6) is 0 Å². The molecule has 0 aliphatic heterocycles. The molecule has 0 bridgehead atoms. The molecule has 2 rings (SSSR count). The van der Waals surface area contributed by atoms with Gasteiger partial charge in [0.25, 0.3) is 10.1 Å². The van der Waals surface area contributed by atoms with E-state index < -0.39 is 10.1 Å². The lowest BCUT2D eigenvalue weighted by atomic mass is 10.3. The van der Waals surface area contributed by atoms with E-state index in [0.29, 0.717) is 0 Å². The van der Waals surface area contributed by atoms with Crippen LogP contribution in [0.25, 0.3) is 10.1 Å². The summed E-state index contributed by atoms with van der Waals surface area (Å²) in [5, 5.41) is 2.85. The lowest BCUT2D eigenvalue weighted by Gasteiger charge is -2.00. The molecule has 0 saturated carbocycles. The number of hydrogen-bond acceptors (Lipinski definition) is 4. The van der Waals surface area contributed by atoms with Gasteiger partial charge in [0.05, 0.1) is 12.0 Å². The maximum absolute atomic E-state index is 11.3. The number of thiophene rings is 1. The fraction of sp³-hybridized carbons (Fsp3) is 0.111. The van der Waals surface area contributed by atoms with Gasteiger partial charge in [-0.15, -0.1) is 11.3 Å². The number of benzene rings is 1. The van der Waals surface area contributed by atoms with Crippen molar-refractivity contribution in [2.45, 2.75) is 4.90 Å². The molecule has 5 heteroatoms. The van der Waals surface area contributed by atoms with Gasteiger partial charge in [0.1, 0.15) is 0 Å². The lowest BCUT2D eigenvalue weighted by Crippen LogP contribution is -2.01. The monoisotopic (exact) mass is 228 g/mol. The molecule has 2 aromatic rings. The molecule has 1 aromatic carbocycles. The molecule has 0 amide bonds. The predicted octanol–water partition coefficient (Wildman–Crippen LogP) is 2.24. The molecule has 0 saturated heterocycles. The van der Waals surface area contributed by atoms with Crippen molar-refractivity contribution in [1.82, 2.24) is 0 Å². The Balaban J connectivity index is 2.65. The second kappa shape index (κ2) is 3.34. The summed E-state index contributed by atoms with van der Waals surface area (Å²) in [4.78, 5) is 0.200. The standard InChI is InChI=1S/C9H8O3S2/c1-12-14(10,11)8-2-3-9-7(6-8)4-5-13-9/h2-6H,1H3. The molecule has 0 aliphatic rings. The third-order valence-corrected chi connectivity index (χ3v) is 4.10. The van der Waals surface area contributed by atoms with Gasteiger partial charge in [0.2, 0.25) is 0 Å². The van der Waals surface area contributed by atoms with Crippen LogP contribution in [-0.4, -0.2) is 15.5 Å². The zero-order valence-corrected chi connectivity index (χ0v) is 9.06. The van der Waals surface area contributed by atoms with E-state index in [9.17, 15) is 8.42 Å². The van der Waals surface area contributed by atoms with Gasteiger partial charge in [-0.3, -0.25) is 4.18 Å². The molecule has 74 valence electrons. The summed E-state index contributed by atoms with van der Waals surface area (Å²) in [5.41, 5.74) is 0. The number of rotatable bonds is 2. The Morgan fingerprint density at radius 2 is 2.07 bits per heavy atom. The third-order valence-electron chi connectivity index (χ3n) is 1.93. The SMILES string of the molecule is COS(=O)(=O)c1ccc2sccc2c1. The lowest BCUT2D eigenvalue weighted by molar-refractivity contribution is 0.398. The first-order chi connectivity index (χ1) is 6.63. The van der Waals surface area contributed by atoms with Crippen molar-refractivity contribution in [3.63, 3.8) is 0 Å². The molecule has 0 unspecified atom stereocenters. The van der Waals surface area contributed by atoms with E-state index in [4.69, 9.17) is 0 Å². The average molecular weight is 228 g/mol. The second-order valence-electron chi connectivity index (χ2n) is 2.74. The van der Waals surface area contributed by atoms with Crippen molar-refractivity contribution in [3.05, 3.63) is 29.6 Å². The summed E-state index contributed by atoms with van der Waals surface area (Å²) < 4.78 is 28.2. The van der Waals surface area contributed by atoms with Gasteiger partial charge < -0.3 is 0 Å². The molecular weight excluding hydrogens is 220 g/mol. The normalized spacial score (nSPS) is 12.1. The maximum atomic E-state index is 11.3. The summed E-state index contributed by atoms with van der Waals surface area (Å²) >= 11 is 1.58. The fourth-order valence-corrected chi connectivity index (χ4v) is 2.67. The van der Waals surface area contributed by atoms with E-state index in [2.05, 4.69) is 4.18 Å². The Hall–Kier alpha value is -0.910. The first kappa shape index (κ1) is 9.64. The van der Waals surface area contributed by atoms with Gasteiger partial charge in [-0.1, -0.05) is 0 Å². The summed E-state index contributed by atoms with van der Waals surface area (Å²) in [5.74, 6) is 0. The molecule has 1 aromatic heterocycles. The van der Waals surface area contributed by atoms with Gasteiger partial charge in [-0.25, -0.2) is 0 Å². The van der Waals surface area contributed by atoms with Crippen molar-refractivity contribution < 1.29 is 12.6 Å². The van der Waals surface area contributed by atoms with Gasteiger partial charge in [0.15, 0.2) is 0 Å². The van der Waals surface area contributed by atoms with Crippen LogP contribution in [0.4, 0.5) is 0 Å². The second-order valence-corrected chi connectivity index (χ2v) is 5.40. The van der Waals surface area contributed by atoms with Crippen LogP contribution in [0.3, 0.4) is 0 Å². The topological polar surface area (TPSA) is 43.4 Å². The van der Waals surface area contributed by atoms with Crippen LogP contribution >= 0.6 is 11.3 Å². The van der Waals surface area contributed by atoms with Crippen LogP contribution in [-0.2, 0) is 14.3 Å². The van der Waals surface area contributed by atoms with E-state index in [1.807, 2.05) is 11.4 Å². The van der Waals surface area contributed by atoms with Gasteiger partial charge in [0, 0.05) is 4.70 Å². The Morgan fingerprint density at radius 1 is 1.29 bits per heavy atom. The minimum atomic E-state index is -3.56. The molecule has 14 heavy (non-hydrogen) atoms. The van der Waals surface area contributed by atoms with E-state index in [-0.39, 0.29) is 4.90 Å². The maximum Gasteiger partial charge on any atom is 0.296 e. The number of hydrogen-bond donors (Lipinski definition) is 0. The van der Waals surface area contributed by atoms with E-state index >= 15 is 0 Å². The zero-order chi connectivity index (χ0) is 10.2. The molecule has 0 N–H and O–H groups in total. The highest BCUT2D eigenvalue weighted by Gasteiger charge is 2.12. The average Bonchev–Trinajstić information content (AvgIpc) is 2.64. The minimum Gasteiger partial charge on any atom is -0.270 e. The van der Waals surface area contributed by atoms with Crippen molar-refractivity contribution in [2.75, 3.05) is 7.11 Å². The highest BCUT2D eigenvalue weighted by atomic mass is 32.2. The largest absolute Gasteiger partial charge is 0.296 e. The quantitative estimate of drug-likeness (QED) is 0.740. The molecule has 0 spiro atoms. The molecule has 0 aliphatic carbocycles. The molecule has 0 radical (unpaired) electrons. The molecular formula is C9H8O3S2. The van der Waals surface area contributed by atoms with Crippen LogP contribution in [0, 0.1) is 0 Å². The smallest absolute Gasteiger partial charge is 0.270 e. The predicted molar refractivity (Wildman–Crippen MR) is 56.0 cm³/mol. The Labute approximate surface area is 86.1 Å². The van der Waals surface area contributed by atoms with Gasteiger partial charge in [-0.05, 0) is 35.0 Å². The van der Waals surface area contributed by atoms with Crippen LogP contribution in [0.15, 0.2) is 34.5 Å². The van der Waals surface area contributed by atoms with Crippen molar-refractivity contribution in [3.8, 4) is 0 Å². The fourth-order valence-electron chi connectivity index (χ4n) is 1.20. The Kier molecular flexibility index (Phi) is 2.30. The van der Waals surface area contributed by atoms with Crippen molar-refractivity contribution in [2.24, 2.45) is 0 Å².